The maximum atomic E-state index is 13.9. The molecule has 1 aromatic heterocycles. The lowest BCUT2D eigenvalue weighted by atomic mass is 9.78. The number of hydrogen-bond acceptors (Lipinski definition) is 6. The first-order valence-electron chi connectivity index (χ1n) is 9.82. The Hall–Kier alpha value is -3.53. The van der Waals surface area contributed by atoms with Crippen molar-refractivity contribution in [2.75, 3.05) is 22.8 Å². The van der Waals surface area contributed by atoms with Crippen LogP contribution in [0.3, 0.4) is 0 Å². The standard InChI is InChI=1S/C22H22FN5O3S/c1-22(2)12-25-20(29)15-6-4-13(10-16(15)22)18-8-9-24-21(27-18)26-14-5-7-17(23)19(11-14)28-32(3,30)31/h4-11,28H,12H2,1-3H3,(H,25,29)(H,24,26,27). The number of nitrogens with zero attached hydrogens (tertiary/aromatic N) is 2. The van der Waals surface area contributed by atoms with E-state index in [1.54, 1.807) is 18.3 Å². The van der Waals surface area contributed by atoms with E-state index in [-0.39, 0.29) is 23.0 Å². The van der Waals surface area contributed by atoms with Crippen molar-refractivity contribution in [3.63, 3.8) is 0 Å². The molecule has 166 valence electrons. The van der Waals surface area contributed by atoms with E-state index in [0.29, 0.717) is 23.5 Å². The summed E-state index contributed by atoms with van der Waals surface area (Å²) in [7, 11) is -3.63. The van der Waals surface area contributed by atoms with Crippen LogP contribution in [0.5, 0.6) is 0 Å². The second-order valence-corrected chi connectivity index (χ2v) is 10.0. The molecule has 0 bridgehead atoms. The molecule has 0 saturated carbocycles. The highest BCUT2D eigenvalue weighted by Gasteiger charge is 2.31. The summed E-state index contributed by atoms with van der Waals surface area (Å²) in [6.45, 7) is 4.69. The van der Waals surface area contributed by atoms with Crippen LogP contribution in [0.2, 0.25) is 0 Å². The third-order valence-electron chi connectivity index (χ3n) is 5.15. The zero-order valence-electron chi connectivity index (χ0n) is 17.7. The second kappa shape index (κ2) is 7.86. The lowest BCUT2D eigenvalue weighted by Gasteiger charge is -2.32. The summed E-state index contributed by atoms with van der Waals surface area (Å²) < 4.78 is 39.0. The van der Waals surface area contributed by atoms with Gasteiger partial charge in [-0.3, -0.25) is 9.52 Å². The van der Waals surface area contributed by atoms with Crippen LogP contribution in [0, 0.1) is 5.82 Å². The predicted octanol–water partition coefficient (Wildman–Crippen LogP) is 3.42. The topological polar surface area (TPSA) is 113 Å². The van der Waals surface area contributed by atoms with E-state index in [9.17, 15) is 17.6 Å². The number of anilines is 3. The first kappa shape index (κ1) is 21.7. The number of fused-ring (bicyclic) bond motifs is 1. The van der Waals surface area contributed by atoms with Crippen LogP contribution in [-0.4, -0.2) is 37.1 Å². The molecule has 0 unspecified atom stereocenters. The third-order valence-corrected chi connectivity index (χ3v) is 5.74. The minimum atomic E-state index is -3.63. The van der Waals surface area contributed by atoms with E-state index in [2.05, 4.69) is 39.2 Å². The molecule has 2 aromatic carbocycles. The number of hydrogen-bond donors (Lipinski definition) is 3. The number of nitrogens with one attached hydrogen (secondary N) is 3. The molecule has 10 heteroatoms. The monoisotopic (exact) mass is 455 g/mol. The summed E-state index contributed by atoms with van der Waals surface area (Å²) in [5.74, 6) is -0.531. The number of sulfonamides is 1. The van der Waals surface area contributed by atoms with Crippen LogP contribution >= 0.6 is 0 Å². The van der Waals surface area contributed by atoms with Gasteiger partial charge in [-0.25, -0.2) is 22.8 Å². The second-order valence-electron chi connectivity index (χ2n) is 8.29. The number of halogens is 1. The van der Waals surface area contributed by atoms with Gasteiger partial charge in [0.25, 0.3) is 5.91 Å². The molecule has 0 saturated heterocycles. The van der Waals surface area contributed by atoms with Crippen LogP contribution in [0.15, 0.2) is 48.7 Å². The normalized spacial score (nSPS) is 14.9. The largest absolute Gasteiger partial charge is 0.351 e. The van der Waals surface area contributed by atoms with E-state index in [1.165, 1.54) is 12.1 Å². The molecule has 1 aliphatic rings. The zero-order valence-corrected chi connectivity index (χ0v) is 18.5. The molecule has 1 amide bonds. The lowest BCUT2D eigenvalue weighted by Crippen LogP contribution is -2.43. The minimum Gasteiger partial charge on any atom is -0.351 e. The van der Waals surface area contributed by atoms with Gasteiger partial charge in [-0.2, -0.15) is 0 Å². The molecule has 0 spiro atoms. The number of rotatable bonds is 5. The molecule has 0 fully saturated rings. The van der Waals surface area contributed by atoms with Gasteiger partial charge in [0.05, 0.1) is 17.6 Å². The predicted molar refractivity (Wildman–Crippen MR) is 121 cm³/mol. The van der Waals surface area contributed by atoms with Crippen molar-refractivity contribution in [2.24, 2.45) is 0 Å². The first-order valence-corrected chi connectivity index (χ1v) is 11.7. The molecule has 2 heterocycles. The Labute approximate surface area is 185 Å². The van der Waals surface area contributed by atoms with Gasteiger partial charge in [-0.05, 0) is 42.0 Å². The fourth-order valence-electron chi connectivity index (χ4n) is 3.54. The van der Waals surface area contributed by atoms with Gasteiger partial charge >= 0.3 is 0 Å². The summed E-state index contributed by atoms with van der Waals surface area (Å²) in [6.07, 6.45) is 2.53. The number of carbonyl (C=O) groups excluding carboxylic acids is 1. The van der Waals surface area contributed by atoms with E-state index < -0.39 is 15.8 Å². The quantitative estimate of drug-likeness (QED) is 0.543. The van der Waals surface area contributed by atoms with Crippen LogP contribution in [0.4, 0.5) is 21.7 Å². The smallest absolute Gasteiger partial charge is 0.251 e. The Kier molecular flexibility index (Phi) is 5.33. The Balaban J connectivity index is 1.64. The van der Waals surface area contributed by atoms with Gasteiger partial charge in [0.15, 0.2) is 0 Å². The highest BCUT2D eigenvalue weighted by molar-refractivity contribution is 7.92. The molecule has 1 aliphatic heterocycles. The highest BCUT2D eigenvalue weighted by atomic mass is 32.2. The average molecular weight is 456 g/mol. The molecule has 3 aromatic rings. The number of aromatic nitrogens is 2. The van der Waals surface area contributed by atoms with Crippen molar-refractivity contribution in [2.45, 2.75) is 19.3 Å². The van der Waals surface area contributed by atoms with E-state index >= 15 is 0 Å². The number of amides is 1. The van der Waals surface area contributed by atoms with E-state index in [4.69, 9.17) is 0 Å². The molecule has 0 radical (unpaired) electrons. The maximum Gasteiger partial charge on any atom is 0.251 e. The van der Waals surface area contributed by atoms with Crippen molar-refractivity contribution in [3.8, 4) is 11.3 Å². The summed E-state index contributed by atoms with van der Waals surface area (Å²) in [5.41, 5.74) is 3.09. The number of benzene rings is 2. The molecule has 8 nitrogen and oxygen atoms in total. The summed E-state index contributed by atoms with van der Waals surface area (Å²) in [4.78, 5) is 20.9. The Morgan fingerprint density at radius 3 is 2.66 bits per heavy atom. The van der Waals surface area contributed by atoms with E-state index in [0.717, 1.165) is 23.4 Å². The Morgan fingerprint density at radius 2 is 1.91 bits per heavy atom. The van der Waals surface area contributed by atoms with Crippen molar-refractivity contribution in [1.29, 1.82) is 0 Å². The van der Waals surface area contributed by atoms with Crippen molar-refractivity contribution < 1.29 is 17.6 Å². The molecule has 0 aliphatic carbocycles. The van der Waals surface area contributed by atoms with Gasteiger partial charge in [0.2, 0.25) is 16.0 Å². The van der Waals surface area contributed by atoms with Crippen LogP contribution in [0.1, 0.15) is 29.8 Å². The lowest BCUT2D eigenvalue weighted by molar-refractivity contribution is 0.0930. The average Bonchev–Trinajstić information content (AvgIpc) is 2.72. The van der Waals surface area contributed by atoms with E-state index in [1.807, 2.05) is 12.1 Å². The van der Waals surface area contributed by atoms with Crippen LogP contribution in [0.25, 0.3) is 11.3 Å². The van der Waals surface area contributed by atoms with Gasteiger partial charge in [0, 0.05) is 35.0 Å². The van der Waals surface area contributed by atoms with Gasteiger partial charge in [-0.1, -0.05) is 19.9 Å². The highest BCUT2D eigenvalue weighted by Crippen LogP contribution is 2.33. The zero-order chi connectivity index (χ0) is 23.1. The van der Waals surface area contributed by atoms with Gasteiger partial charge < -0.3 is 10.6 Å². The molecular weight excluding hydrogens is 433 g/mol. The SMILES string of the molecule is CC1(C)CNC(=O)c2ccc(-c3ccnc(Nc4ccc(F)c(NS(C)(=O)=O)c4)n3)cc21. The van der Waals surface area contributed by atoms with Crippen molar-refractivity contribution in [3.05, 3.63) is 65.6 Å². The molecule has 0 atom stereocenters. The van der Waals surface area contributed by atoms with Crippen LogP contribution < -0.4 is 15.4 Å². The summed E-state index contributed by atoms with van der Waals surface area (Å²) >= 11 is 0. The fourth-order valence-corrected chi connectivity index (χ4v) is 4.10. The molecule has 3 N–H and O–H groups in total. The summed E-state index contributed by atoms with van der Waals surface area (Å²) in [5, 5.41) is 5.87. The summed E-state index contributed by atoms with van der Waals surface area (Å²) in [6, 6.07) is 11.3. The number of carbonyl (C=O) groups is 1. The fraction of sp³-hybridized carbons (Fsp3) is 0.227. The Morgan fingerprint density at radius 1 is 1.12 bits per heavy atom. The first-order chi connectivity index (χ1) is 15.0. The minimum absolute atomic E-state index is 0.0919. The Bertz CT molecular complexity index is 1320. The van der Waals surface area contributed by atoms with Crippen molar-refractivity contribution in [1.82, 2.24) is 15.3 Å². The maximum absolute atomic E-state index is 13.9. The van der Waals surface area contributed by atoms with Gasteiger partial charge in [0.1, 0.15) is 5.82 Å². The molecule has 4 rings (SSSR count). The molecular formula is C22H22FN5O3S. The van der Waals surface area contributed by atoms with Crippen molar-refractivity contribution >= 4 is 33.3 Å². The third kappa shape index (κ3) is 4.54. The van der Waals surface area contributed by atoms with Gasteiger partial charge in [-0.15, -0.1) is 0 Å². The van der Waals surface area contributed by atoms with Crippen LogP contribution in [-0.2, 0) is 15.4 Å². The molecule has 32 heavy (non-hydrogen) atoms.